The third-order valence-corrected chi connectivity index (χ3v) is 3.09. The second-order valence-electron chi connectivity index (χ2n) is 4.49. The van der Waals surface area contributed by atoms with Crippen LogP contribution < -0.4 is 11.5 Å². The lowest BCUT2D eigenvalue weighted by atomic mass is 10.0. The van der Waals surface area contributed by atoms with Crippen LogP contribution in [-0.2, 0) is 4.79 Å². The van der Waals surface area contributed by atoms with Gasteiger partial charge in [-0.15, -0.1) is 0 Å². The van der Waals surface area contributed by atoms with Crippen molar-refractivity contribution in [2.24, 2.45) is 11.5 Å². The van der Waals surface area contributed by atoms with Crippen LogP contribution in [0.2, 0.25) is 0 Å². The minimum absolute atomic E-state index is 0.0881. The summed E-state index contributed by atoms with van der Waals surface area (Å²) in [6.07, 6.45) is 0.805. The fourth-order valence-electron chi connectivity index (χ4n) is 2.10. The molecular formula is C13H23N3O2. The highest BCUT2D eigenvalue weighted by atomic mass is 16.3. The van der Waals surface area contributed by atoms with Crippen molar-refractivity contribution in [2.45, 2.75) is 39.3 Å². The van der Waals surface area contributed by atoms with Crippen LogP contribution in [-0.4, -0.2) is 29.9 Å². The highest BCUT2D eigenvalue weighted by Gasteiger charge is 2.28. The van der Waals surface area contributed by atoms with Gasteiger partial charge in [-0.3, -0.25) is 9.69 Å². The minimum Gasteiger partial charge on any atom is -0.465 e. The zero-order valence-corrected chi connectivity index (χ0v) is 11.3. The Hall–Kier alpha value is -1.33. The Kier molecular flexibility index (Phi) is 5.37. The van der Waals surface area contributed by atoms with Gasteiger partial charge in [0.25, 0.3) is 0 Å². The van der Waals surface area contributed by atoms with Gasteiger partial charge in [0.2, 0.25) is 5.91 Å². The third kappa shape index (κ3) is 3.58. The molecule has 18 heavy (non-hydrogen) atoms. The van der Waals surface area contributed by atoms with Gasteiger partial charge in [0.05, 0.1) is 12.6 Å². The largest absolute Gasteiger partial charge is 0.465 e. The predicted octanol–water partition coefficient (Wildman–Crippen LogP) is 1.17. The van der Waals surface area contributed by atoms with E-state index < -0.39 is 0 Å². The summed E-state index contributed by atoms with van der Waals surface area (Å²) in [6, 6.07) is 3.62. The zero-order chi connectivity index (χ0) is 13.7. The monoisotopic (exact) mass is 253 g/mol. The molecule has 0 saturated heterocycles. The average Bonchev–Trinajstić information content (AvgIpc) is 2.73. The van der Waals surface area contributed by atoms with Crippen molar-refractivity contribution < 1.29 is 9.21 Å². The molecule has 1 aromatic heterocycles. The van der Waals surface area contributed by atoms with Crippen LogP contribution in [0.1, 0.15) is 37.8 Å². The van der Waals surface area contributed by atoms with Crippen LogP contribution in [0.5, 0.6) is 0 Å². The Morgan fingerprint density at radius 1 is 1.44 bits per heavy atom. The van der Waals surface area contributed by atoms with Crippen molar-refractivity contribution >= 4 is 5.91 Å². The van der Waals surface area contributed by atoms with E-state index in [2.05, 4.69) is 0 Å². The van der Waals surface area contributed by atoms with E-state index in [-0.39, 0.29) is 24.5 Å². The molecule has 2 atom stereocenters. The molecule has 0 saturated carbocycles. The van der Waals surface area contributed by atoms with E-state index in [1.165, 1.54) is 0 Å². The molecule has 0 radical (unpaired) electrons. The topological polar surface area (TPSA) is 85.5 Å². The van der Waals surface area contributed by atoms with Crippen molar-refractivity contribution in [1.82, 2.24) is 4.90 Å². The average molecular weight is 253 g/mol. The molecule has 1 rings (SSSR count). The van der Waals surface area contributed by atoms with E-state index in [9.17, 15) is 4.79 Å². The molecule has 1 amide bonds. The number of hydrogen-bond acceptors (Lipinski definition) is 4. The van der Waals surface area contributed by atoms with Crippen molar-refractivity contribution in [2.75, 3.05) is 13.1 Å². The summed E-state index contributed by atoms with van der Waals surface area (Å²) >= 11 is 0. The molecule has 0 aromatic carbocycles. The van der Waals surface area contributed by atoms with Crippen LogP contribution in [0.15, 0.2) is 16.5 Å². The van der Waals surface area contributed by atoms with Gasteiger partial charge >= 0.3 is 0 Å². The van der Waals surface area contributed by atoms with Crippen molar-refractivity contribution in [1.29, 1.82) is 0 Å². The van der Waals surface area contributed by atoms with Gasteiger partial charge in [0.1, 0.15) is 11.5 Å². The standard InChI is InChI=1S/C13H23N3O2/c1-4-10(14)13(11-7-6-9(3)18-11)16(5-2)8-12(15)17/h6-7,10,13H,4-5,8,14H2,1-3H3,(H2,15,17). The Labute approximate surface area is 108 Å². The number of nitrogens with two attached hydrogens (primary N) is 2. The molecule has 1 heterocycles. The number of hydrogen-bond donors (Lipinski definition) is 2. The molecule has 0 spiro atoms. The summed E-state index contributed by atoms with van der Waals surface area (Å²) in [6.45, 7) is 6.78. The van der Waals surface area contributed by atoms with Gasteiger partial charge in [0.15, 0.2) is 0 Å². The first kappa shape index (κ1) is 14.7. The molecular weight excluding hydrogens is 230 g/mol. The van der Waals surface area contributed by atoms with Crippen LogP contribution in [0.3, 0.4) is 0 Å². The van der Waals surface area contributed by atoms with E-state index in [0.29, 0.717) is 6.54 Å². The summed E-state index contributed by atoms with van der Waals surface area (Å²) in [5.74, 6) is 1.28. The quantitative estimate of drug-likeness (QED) is 0.764. The number of aryl methyl sites for hydroxylation is 1. The van der Waals surface area contributed by atoms with E-state index >= 15 is 0 Å². The van der Waals surface area contributed by atoms with Crippen molar-refractivity contribution in [3.8, 4) is 0 Å². The lowest BCUT2D eigenvalue weighted by Gasteiger charge is -2.32. The maximum Gasteiger partial charge on any atom is 0.231 e. The zero-order valence-electron chi connectivity index (χ0n) is 11.3. The number of primary amides is 1. The minimum atomic E-state index is -0.353. The van der Waals surface area contributed by atoms with Gasteiger partial charge in [-0.2, -0.15) is 0 Å². The molecule has 0 aliphatic rings. The first-order valence-electron chi connectivity index (χ1n) is 6.33. The summed E-state index contributed by atoms with van der Waals surface area (Å²) < 4.78 is 5.66. The highest BCUT2D eigenvalue weighted by molar-refractivity contribution is 5.76. The SMILES string of the molecule is CCC(N)C(c1ccc(C)o1)N(CC)CC(N)=O. The summed E-state index contributed by atoms with van der Waals surface area (Å²) in [7, 11) is 0. The van der Waals surface area contributed by atoms with Crippen LogP contribution >= 0.6 is 0 Å². The first-order valence-corrected chi connectivity index (χ1v) is 6.33. The van der Waals surface area contributed by atoms with Crippen molar-refractivity contribution in [3.63, 3.8) is 0 Å². The lowest BCUT2D eigenvalue weighted by Crippen LogP contribution is -2.44. The normalized spacial score (nSPS) is 14.7. The summed E-state index contributed by atoms with van der Waals surface area (Å²) in [5, 5.41) is 0. The number of amides is 1. The predicted molar refractivity (Wildman–Crippen MR) is 70.9 cm³/mol. The molecule has 5 heteroatoms. The second-order valence-corrected chi connectivity index (χ2v) is 4.49. The number of nitrogens with zero attached hydrogens (tertiary/aromatic N) is 1. The highest BCUT2D eigenvalue weighted by Crippen LogP contribution is 2.26. The first-order chi connectivity index (χ1) is 8.49. The molecule has 102 valence electrons. The maximum absolute atomic E-state index is 11.1. The Morgan fingerprint density at radius 2 is 2.11 bits per heavy atom. The van der Waals surface area contributed by atoms with E-state index in [1.54, 1.807) is 0 Å². The van der Waals surface area contributed by atoms with E-state index in [0.717, 1.165) is 17.9 Å². The number of carbonyl (C=O) groups excluding carboxylic acids is 1. The van der Waals surface area contributed by atoms with E-state index in [4.69, 9.17) is 15.9 Å². The number of rotatable bonds is 7. The molecule has 5 nitrogen and oxygen atoms in total. The molecule has 0 aliphatic heterocycles. The van der Waals surface area contributed by atoms with Gasteiger partial charge < -0.3 is 15.9 Å². The lowest BCUT2D eigenvalue weighted by molar-refractivity contribution is -0.119. The number of likely N-dealkylation sites (N-methyl/N-ethyl adjacent to an activating group) is 1. The van der Waals surface area contributed by atoms with Gasteiger partial charge in [0, 0.05) is 6.04 Å². The molecule has 2 unspecified atom stereocenters. The van der Waals surface area contributed by atoms with Crippen LogP contribution in [0, 0.1) is 6.92 Å². The van der Waals surface area contributed by atoms with E-state index in [1.807, 2.05) is 37.8 Å². The molecule has 0 aliphatic carbocycles. The fourth-order valence-corrected chi connectivity index (χ4v) is 2.10. The van der Waals surface area contributed by atoms with Crippen molar-refractivity contribution in [3.05, 3.63) is 23.7 Å². The number of carbonyl (C=O) groups is 1. The van der Waals surface area contributed by atoms with Crippen LogP contribution in [0.25, 0.3) is 0 Å². The maximum atomic E-state index is 11.1. The summed E-state index contributed by atoms with van der Waals surface area (Å²) in [5.41, 5.74) is 11.4. The smallest absolute Gasteiger partial charge is 0.231 e. The Morgan fingerprint density at radius 3 is 2.50 bits per heavy atom. The molecule has 0 fully saturated rings. The molecule has 4 N–H and O–H groups in total. The third-order valence-electron chi connectivity index (χ3n) is 3.09. The van der Waals surface area contributed by atoms with Gasteiger partial charge in [-0.05, 0) is 32.0 Å². The van der Waals surface area contributed by atoms with Gasteiger partial charge in [-0.1, -0.05) is 13.8 Å². The molecule has 0 bridgehead atoms. The van der Waals surface area contributed by atoms with Crippen LogP contribution in [0.4, 0.5) is 0 Å². The number of furan rings is 1. The Bertz CT molecular complexity index is 389. The summed E-state index contributed by atoms with van der Waals surface area (Å²) in [4.78, 5) is 13.1. The second kappa shape index (κ2) is 6.56. The Balaban J connectivity index is 2.99. The fraction of sp³-hybridized carbons (Fsp3) is 0.615. The molecule has 1 aromatic rings. The van der Waals surface area contributed by atoms with Gasteiger partial charge in [-0.25, -0.2) is 0 Å².